The SMILES string of the molecule is Cc1cc(/C=C(\C#N)C(=O)Nc2ccccc2C(F)(F)F)c(C)n1-c1ccc(Br)cc1. The molecule has 0 aliphatic heterocycles. The number of carbonyl (C=O) groups excluding carboxylic acids is 1. The summed E-state index contributed by atoms with van der Waals surface area (Å²) in [6, 6.07) is 15.9. The van der Waals surface area contributed by atoms with Crippen molar-refractivity contribution in [2.75, 3.05) is 5.32 Å². The van der Waals surface area contributed by atoms with E-state index >= 15 is 0 Å². The van der Waals surface area contributed by atoms with Crippen molar-refractivity contribution in [3.8, 4) is 11.8 Å². The minimum atomic E-state index is -4.63. The third kappa shape index (κ3) is 4.89. The van der Waals surface area contributed by atoms with Gasteiger partial charge in [0.15, 0.2) is 0 Å². The zero-order valence-electron chi connectivity index (χ0n) is 16.6. The second kappa shape index (κ2) is 8.82. The molecular weight excluding hydrogens is 471 g/mol. The molecule has 1 amide bonds. The van der Waals surface area contributed by atoms with Crippen LogP contribution in [0.3, 0.4) is 0 Å². The van der Waals surface area contributed by atoms with Gasteiger partial charge >= 0.3 is 6.18 Å². The molecule has 2 aromatic carbocycles. The third-order valence-electron chi connectivity index (χ3n) is 4.70. The number of aromatic nitrogens is 1. The Morgan fingerprint density at radius 2 is 1.77 bits per heavy atom. The number of aryl methyl sites for hydroxylation is 1. The molecule has 0 saturated carbocycles. The van der Waals surface area contributed by atoms with Crippen LogP contribution in [0.15, 0.2) is 64.6 Å². The Morgan fingerprint density at radius 3 is 2.39 bits per heavy atom. The number of nitrogens with zero attached hydrogens (tertiary/aromatic N) is 2. The lowest BCUT2D eigenvalue weighted by Crippen LogP contribution is -2.17. The van der Waals surface area contributed by atoms with Gasteiger partial charge in [0.25, 0.3) is 5.91 Å². The number of benzene rings is 2. The first-order chi connectivity index (χ1) is 14.6. The summed E-state index contributed by atoms with van der Waals surface area (Å²) in [5.41, 5.74) is 1.52. The molecule has 0 aliphatic rings. The molecule has 0 atom stereocenters. The van der Waals surface area contributed by atoms with Gasteiger partial charge in [0.05, 0.1) is 11.3 Å². The van der Waals surface area contributed by atoms with Crippen molar-refractivity contribution in [2.24, 2.45) is 0 Å². The lowest BCUT2D eigenvalue weighted by Gasteiger charge is -2.13. The van der Waals surface area contributed by atoms with Crippen LogP contribution in [0.5, 0.6) is 0 Å². The van der Waals surface area contributed by atoms with E-state index in [1.54, 1.807) is 6.07 Å². The van der Waals surface area contributed by atoms with Crippen molar-refractivity contribution in [2.45, 2.75) is 20.0 Å². The Labute approximate surface area is 185 Å². The maximum Gasteiger partial charge on any atom is 0.418 e. The maximum atomic E-state index is 13.2. The Hall–Kier alpha value is -3.31. The summed E-state index contributed by atoms with van der Waals surface area (Å²) in [5, 5.41) is 11.7. The average Bonchev–Trinajstić information content (AvgIpc) is 2.99. The molecule has 4 nitrogen and oxygen atoms in total. The van der Waals surface area contributed by atoms with Crippen LogP contribution in [0.25, 0.3) is 11.8 Å². The molecule has 0 fully saturated rings. The predicted octanol–water partition coefficient (Wildman–Crippen LogP) is 6.42. The van der Waals surface area contributed by atoms with Crippen LogP contribution >= 0.6 is 15.9 Å². The highest BCUT2D eigenvalue weighted by Gasteiger charge is 2.33. The van der Waals surface area contributed by atoms with Crippen LogP contribution in [0.1, 0.15) is 22.5 Å². The van der Waals surface area contributed by atoms with Crippen LogP contribution < -0.4 is 5.32 Å². The van der Waals surface area contributed by atoms with E-state index in [1.165, 1.54) is 18.2 Å². The molecule has 0 radical (unpaired) electrons. The van der Waals surface area contributed by atoms with Gasteiger partial charge in [-0.2, -0.15) is 18.4 Å². The van der Waals surface area contributed by atoms with Gasteiger partial charge in [-0.15, -0.1) is 0 Å². The zero-order chi connectivity index (χ0) is 22.8. The monoisotopic (exact) mass is 487 g/mol. The number of rotatable bonds is 4. The van der Waals surface area contributed by atoms with E-state index in [-0.39, 0.29) is 5.57 Å². The van der Waals surface area contributed by atoms with Crippen LogP contribution in [0, 0.1) is 25.2 Å². The van der Waals surface area contributed by atoms with Gasteiger partial charge in [0, 0.05) is 21.5 Å². The van der Waals surface area contributed by atoms with Gasteiger partial charge in [-0.1, -0.05) is 28.1 Å². The topological polar surface area (TPSA) is 57.8 Å². The molecular formula is C23H17BrF3N3O. The minimum Gasteiger partial charge on any atom is -0.321 e. The quantitative estimate of drug-likeness (QED) is 0.340. The Balaban J connectivity index is 1.95. The Kier molecular flexibility index (Phi) is 6.37. The first-order valence-electron chi connectivity index (χ1n) is 9.16. The van der Waals surface area contributed by atoms with Crippen LogP contribution in [-0.4, -0.2) is 10.5 Å². The van der Waals surface area contributed by atoms with Crippen LogP contribution in [-0.2, 0) is 11.0 Å². The summed E-state index contributed by atoms with van der Waals surface area (Å²) in [5.74, 6) is -0.910. The molecule has 3 rings (SSSR count). The number of halogens is 4. The molecule has 3 aromatic rings. The molecule has 1 heterocycles. The highest BCUT2D eigenvalue weighted by molar-refractivity contribution is 9.10. The maximum absolute atomic E-state index is 13.2. The van der Waals surface area contributed by atoms with Gasteiger partial charge in [-0.25, -0.2) is 0 Å². The molecule has 8 heteroatoms. The number of alkyl halides is 3. The van der Waals surface area contributed by atoms with E-state index in [1.807, 2.05) is 48.7 Å². The summed E-state index contributed by atoms with van der Waals surface area (Å²) in [7, 11) is 0. The number of amides is 1. The second-order valence-corrected chi connectivity index (χ2v) is 7.72. The first-order valence-corrected chi connectivity index (χ1v) is 9.95. The van der Waals surface area contributed by atoms with Gasteiger partial charge in [0.2, 0.25) is 0 Å². The van der Waals surface area contributed by atoms with E-state index in [2.05, 4.69) is 21.2 Å². The van der Waals surface area contributed by atoms with Crippen molar-refractivity contribution in [1.29, 1.82) is 5.26 Å². The van der Waals surface area contributed by atoms with E-state index in [0.717, 1.165) is 33.7 Å². The third-order valence-corrected chi connectivity index (χ3v) is 5.23. The van der Waals surface area contributed by atoms with Crippen molar-refractivity contribution < 1.29 is 18.0 Å². The molecule has 1 aromatic heterocycles. The number of hydrogen-bond donors (Lipinski definition) is 1. The summed E-state index contributed by atoms with van der Waals surface area (Å²) >= 11 is 3.39. The zero-order valence-corrected chi connectivity index (χ0v) is 18.2. The molecule has 0 unspecified atom stereocenters. The van der Waals surface area contributed by atoms with Crippen molar-refractivity contribution in [1.82, 2.24) is 4.57 Å². The molecule has 31 heavy (non-hydrogen) atoms. The molecule has 0 aliphatic carbocycles. The predicted molar refractivity (Wildman–Crippen MR) is 117 cm³/mol. The summed E-state index contributed by atoms with van der Waals surface area (Å²) < 4.78 is 42.4. The van der Waals surface area contributed by atoms with Gasteiger partial charge in [-0.05, 0) is 68.0 Å². The fourth-order valence-corrected chi connectivity index (χ4v) is 3.52. The molecule has 0 saturated heterocycles. The Morgan fingerprint density at radius 1 is 1.13 bits per heavy atom. The first kappa shape index (κ1) is 22.4. The fourth-order valence-electron chi connectivity index (χ4n) is 3.25. The Bertz CT molecular complexity index is 1200. The van der Waals surface area contributed by atoms with Crippen molar-refractivity contribution >= 4 is 33.6 Å². The highest BCUT2D eigenvalue weighted by Crippen LogP contribution is 2.34. The molecule has 1 N–H and O–H groups in total. The summed E-state index contributed by atoms with van der Waals surface area (Å²) in [6.07, 6.45) is -3.25. The van der Waals surface area contributed by atoms with Gasteiger partial charge < -0.3 is 9.88 Å². The smallest absolute Gasteiger partial charge is 0.321 e. The van der Waals surface area contributed by atoms with Crippen molar-refractivity contribution in [3.05, 3.63) is 87.2 Å². The number of carbonyl (C=O) groups is 1. The van der Waals surface area contributed by atoms with E-state index in [9.17, 15) is 23.2 Å². The van der Waals surface area contributed by atoms with E-state index in [4.69, 9.17) is 0 Å². The molecule has 0 bridgehead atoms. The number of hydrogen-bond acceptors (Lipinski definition) is 2. The largest absolute Gasteiger partial charge is 0.418 e. The van der Waals surface area contributed by atoms with Crippen molar-refractivity contribution in [3.63, 3.8) is 0 Å². The number of anilines is 1. The summed E-state index contributed by atoms with van der Waals surface area (Å²) in [4.78, 5) is 12.6. The normalized spacial score (nSPS) is 11.8. The summed E-state index contributed by atoms with van der Waals surface area (Å²) in [6.45, 7) is 3.73. The number of nitriles is 1. The lowest BCUT2D eigenvalue weighted by molar-refractivity contribution is -0.137. The van der Waals surface area contributed by atoms with Gasteiger partial charge in [-0.3, -0.25) is 4.79 Å². The number of nitrogens with one attached hydrogen (secondary N) is 1. The minimum absolute atomic E-state index is 0.298. The molecule has 158 valence electrons. The lowest BCUT2D eigenvalue weighted by atomic mass is 10.1. The second-order valence-electron chi connectivity index (χ2n) is 6.81. The van der Waals surface area contributed by atoms with Crippen LogP contribution in [0.4, 0.5) is 18.9 Å². The van der Waals surface area contributed by atoms with Crippen LogP contribution in [0.2, 0.25) is 0 Å². The fraction of sp³-hybridized carbons (Fsp3) is 0.130. The highest BCUT2D eigenvalue weighted by atomic mass is 79.9. The molecule has 0 spiro atoms. The van der Waals surface area contributed by atoms with Gasteiger partial charge in [0.1, 0.15) is 11.6 Å². The number of para-hydroxylation sites is 1. The average molecular weight is 488 g/mol. The van der Waals surface area contributed by atoms with E-state index in [0.29, 0.717) is 5.56 Å². The van der Waals surface area contributed by atoms with E-state index < -0.39 is 23.3 Å². The standard InChI is InChI=1S/C23H17BrF3N3O/c1-14-11-16(15(2)30(14)19-9-7-18(24)8-10-19)12-17(13-28)22(31)29-21-6-4-3-5-20(21)23(25,26)27/h3-12H,1-2H3,(H,29,31)/b17-12+.